The summed E-state index contributed by atoms with van der Waals surface area (Å²) in [6.07, 6.45) is 0.277. The lowest BCUT2D eigenvalue weighted by molar-refractivity contribution is -0.147. The zero-order valence-corrected chi connectivity index (χ0v) is 13.4. The fraction of sp³-hybridized carbons (Fsp3) is 0.385. The molecule has 1 unspecified atom stereocenters. The van der Waals surface area contributed by atoms with E-state index in [1.807, 2.05) is 0 Å². The van der Waals surface area contributed by atoms with Gasteiger partial charge in [0, 0.05) is 5.02 Å². The molecule has 0 aromatic heterocycles. The van der Waals surface area contributed by atoms with E-state index in [0.29, 0.717) is 15.2 Å². The van der Waals surface area contributed by atoms with Crippen LogP contribution in [0.1, 0.15) is 20.3 Å². The summed E-state index contributed by atoms with van der Waals surface area (Å²) in [5.74, 6) is -1.13. The van der Waals surface area contributed by atoms with E-state index in [1.54, 1.807) is 25.1 Å². The molecule has 1 amide bonds. The van der Waals surface area contributed by atoms with E-state index in [9.17, 15) is 9.59 Å². The van der Waals surface area contributed by atoms with Crippen LogP contribution >= 0.6 is 27.5 Å². The Morgan fingerprint density at radius 1 is 1.50 bits per heavy atom. The van der Waals surface area contributed by atoms with Gasteiger partial charge in [-0.05, 0) is 47.5 Å². The third kappa shape index (κ3) is 4.38. The Hall–Kier alpha value is -1.27. The summed E-state index contributed by atoms with van der Waals surface area (Å²) < 4.78 is 5.93. The standard InChI is InChI=1S/C13H15BrClNO4/c1-3-13(2,12(18)19)16-11(17)7-20-10-5-4-8(15)6-9(10)14/h4-6H,3,7H2,1-2H3,(H,16,17)(H,18,19). The van der Waals surface area contributed by atoms with Crippen molar-refractivity contribution < 1.29 is 19.4 Å². The van der Waals surface area contributed by atoms with E-state index in [1.165, 1.54) is 6.92 Å². The molecule has 0 saturated carbocycles. The summed E-state index contributed by atoms with van der Waals surface area (Å²) in [5.41, 5.74) is -1.29. The molecule has 2 N–H and O–H groups in total. The number of hydrogen-bond acceptors (Lipinski definition) is 3. The Kier molecular flexibility index (Phi) is 5.83. The van der Waals surface area contributed by atoms with Gasteiger partial charge in [0.05, 0.1) is 4.47 Å². The molecule has 0 saturated heterocycles. The lowest BCUT2D eigenvalue weighted by Crippen LogP contribution is -2.53. The molecule has 1 aromatic carbocycles. The zero-order chi connectivity index (χ0) is 15.3. The maximum atomic E-state index is 11.7. The molecule has 0 aliphatic heterocycles. The van der Waals surface area contributed by atoms with Gasteiger partial charge < -0.3 is 15.2 Å². The molecule has 0 aliphatic carbocycles. The molecule has 0 fully saturated rings. The lowest BCUT2D eigenvalue weighted by atomic mass is 9.99. The maximum absolute atomic E-state index is 11.7. The molecule has 0 heterocycles. The summed E-state index contributed by atoms with van der Waals surface area (Å²) >= 11 is 9.05. The predicted molar refractivity (Wildman–Crippen MR) is 79.1 cm³/mol. The smallest absolute Gasteiger partial charge is 0.329 e. The molecule has 20 heavy (non-hydrogen) atoms. The number of halogens is 2. The number of hydrogen-bond donors (Lipinski definition) is 2. The van der Waals surface area contributed by atoms with E-state index >= 15 is 0 Å². The Bertz CT molecular complexity index is 523. The van der Waals surface area contributed by atoms with E-state index < -0.39 is 17.4 Å². The number of nitrogens with one attached hydrogen (secondary N) is 1. The number of carbonyl (C=O) groups excluding carboxylic acids is 1. The van der Waals surface area contributed by atoms with E-state index in [-0.39, 0.29) is 13.0 Å². The van der Waals surface area contributed by atoms with Crippen molar-refractivity contribution in [3.63, 3.8) is 0 Å². The van der Waals surface area contributed by atoms with Crippen LogP contribution in [0.4, 0.5) is 0 Å². The number of aliphatic carboxylic acids is 1. The maximum Gasteiger partial charge on any atom is 0.329 e. The monoisotopic (exact) mass is 363 g/mol. The third-order valence-electron chi connectivity index (χ3n) is 2.85. The van der Waals surface area contributed by atoms with Crippen molar-refractivity contribution in [3.8, 4) is 5.75 Å². The Balaban J connectivity index is 2.62. The second kappa shape index (κ2) is 6.95. The van der Waals surface area contributed by atoms with Crippen LogP contribution in [0.3, 0.4) is 0 Å². The van der Waals surface area contributed by atoms with Crippen LogP contribution in [0.25, 0.3) is 0 Å². The minimum absolute atomic E-state index is 0.275. The first-order valence-electron chi connectivity index (χ1n) is 5.90. The van der Waals surface area contributed by atoms with Gasteiger partial charge in [0.15, 0.2) is 6.61 Å². The van der Waals surface area contributed by atoms with Crippen LogP contribution in [-0.2, 0) is 9.59 Å². The van der Waals surface area contributed by atoms with Gasteiger partial charge in [-0.2, -0.15) is 0 Å². The van der Waals surface area contributed by atoms with Gasteiger partial charge in [-0.15, -0.1) is 0 Å². The minimum Gasteiger partial charge on any atom is -0.483 e. The van der Waals surface area contributed by atoms with E-state index in [4.69, 9.17) is 21.4 Å². The normalized spacial score (nSPS) is 13.4. The first-order chi connectivity index (χ1) is 9.28. The summed E-state index contributed by atoms with van der Waals surface area (Å²) in [4.78, 5) is 22.8. The number of rotatable bonds is 6. The highest BCUT2D eigenvalue weighted by molar-refractivity contribution is 9.10. The van der Waals surface area contributed by atoms with Gasteiger partial charge >= 0.3 is 5.97 Å². The van der Waals surface area contributed by atoms with Crippen LogP contribution < -0.4 is 10.1 Å². The fourth-order valence-electron chi connectivity index (χ4n) is 1.37. The molecule has 0 bridgehead atoms. The van der Waals surface area contributed by atoms with Crippen molar-refractivity contribution in [2.75, 3.05) is 6.61 Å². The third-order valence-corrected chi connectivity index (χ3v) is 3.70. The quantitative estimate of drug-likeness (QED) is 0.814. The Morgan fingerprint density at radius 2 is 2.15 bits per heavy atom. The molecule has 110 valence electrons. The average molecular weight is 365 g/mol. The van der Waals surface area contributed by atoms with Crippen molar-refractivity contribution in [2.24, 2.45) is 0 Å². The van der Waals surface area contributed by atoms with E-state index in [2.05, 4.69) is 21.2 Å². The van der Waals surface area contributed by atoms with Crippen molar-refractivity contribution >= 4 is 39.4 Å². The van der Waals surface area contributed by atoms with Crippen LogP contribution in [0, 0.1) is 0 Å². The second-order valence-electron chi connectivity index (χ2n) is 4.40. The van der Waals surface area contributed by atoms with Crippen LogP contribution in [0.15, 0.2) is 22.7 Å². The first-order valence-corrected chi connectivity index (χ1v) is 7.08. The highest BCUT2D eigenvalue weighted by atomic mass is 79.9. The van der Waals surface area contributed by atoms with E-state index in [0.717, 1.165) is 0 Å². The summed E-state index contributed by atoms with van der Waals surface area (Å²) in [7, 11) is 0. The van der Waals surface area contributed by atoms with Gasteiger partial charge in [0.2, 0.25) is 0 Å². The molecule has 1 rings (SSSR count). The molecule has 5 nitrogen and oxygen atoms in total. The van der Waals surface area contributed by atoms with Crippen molar-refractivity contribution in [1.29, 1.82) is 0 Å². The SMILES string of the molecule is CCC(C)(NC(=O)COc1ccc(Cl)cc1Br)C(=O)O. The van der Waals surface area contributed by atoms with Crippen LogP contribution in [0.2, 0.25) is 5.02 Å². The van der Waals surface area contributed by atoms with Gasteiger partial charge in [-0.1, -0.05) is 18.5 Å². The Morgan fingerprint density at radius 3 is 2.65 bits per heavy atom. The highest BCUT2D eigenvalue weighted by Gasteiger charge is 2.32. The largest absolute Gasteiger partial charge is 0.483 e. The topological polar surface area (TPSA) is 75.6 Å². The average Bonchev–Trinajstić information content (AvgIpc) is 2.37. The van der Waals surface area contributed by atoms with Gasteiger partial charge in [-0.3, -0.25) is 4.79 Å². The molecule has 1 atom stereocenters. The van der Waals surface area contributed by atoms with Crippen LogP contribution in [-0.4, -0.2) is 29.1 Å². The first kappa shape index (κ1) is 16.8. The fourth-order valence-corrected chi connectivity index (χ4v) is 2.17. The minimum atomic E-state index is -1.29. The molecule has 7 heteroatoms. The van der Waals surface area contributed by atoms with Gasteiger partial charge in [0.25, 0.3) is 5.91 Å². The molecular formula is C13H15BrClNO4. The van der Waals surface area contributed by atoms with Crippen molar-refractivity contribution in [1.82, 2.24) is 5.32 Å². The number of amides is 1. The highest BCUT2D eigenvalue weighted by Crippen LogP contribution is 2.27. The number of carboxylic acids is 1. The Labute approximate surface area is 130 Å². The summed E-state index contributed by atoms with van der Waals surface area (Å²) in [5, 5.41) is 12.0. The molecular weight excluding hydrogens is 350 g/mol. The molecule has 0 aliphatic rings. The summed E-state index contributed by atoms with van der Waals surface area (Å²) in [6.45, 7) is 2.86. The second-order valence-corrected chi connectivity index (χ2v) is 5.69. The lowest BCUT2D eigenvalue weighted by Gasteiger charge is -2.24. The predicted octanol–water partition coefficient (Wildman–Crippen LogP) is 2.85. The van der Waals surface area contributed by atoms with Gasteiger partial charge in [0.1, 0.15) is 11.3 Å². The van der Waals surface area contributed by atoms with Gasteiger partial charge in [-0.25, -0.2) is 4.79 Å². The summed E-state index contributed by atoms with van der Waals surface area (Å²) in [6, 6.07) is 4.89. The number of ether oxygens (including phenoxy) is 1. The molecule has 0 radical (unpaired) electrons. The molecule has 1 aromatic rings. The molecule has 0 spiro atoms. The zero-order valence-electron chi connectivity index (χ0n) is 11.1. The van der Waals surface area contributed by atoms with Crippen LogP contribution in [0.5, 0.6) is 5.75 Å². The van der Waals surface area contributed by atoms with Crippen molar-refractivity contribution in [2.45, 2.75) is 25.8 Å². The van der Waals surface area contributed by atoms with Crippen molar-refractivity contribution in [3.05, 3.63) is 27.7 Å². The number of carbonyl (C=O) groups is 2. The number of benzene rings is 1. The number of carboxylic acid groups (broad SMARTS) is 1.